The molecule has 0 aromatic heterocycles. The second kappa shape index (κ2) is 8.82. The van der Waals surface area contributed by atoms with Gasteiger partial charge in [-0.2, -0.15) is 0 Å². The minimum absolute atomic E-state index is 0.299. The van der Waals surface area contributed by atoms with Gasteiger partial charge in [0.25, 0.3) is 0 Å². The predicted octanol–water partition coefficient (Wildman–Crippen LogP) is 5.32. The van der Waals surface area contributed by atoms with Crippen LogP contribution in [0.15, 0.2) is 84.9 Å². The summed E-state index contributed by atoms with van der Waals surface area (Å²) in [5, 5.41) is 14.6. The fourth-order valence-electron chi connectivity index (χ4n) is 2.89. The monoisotopic (exact) mass is 371 g/mol. The van der Waals surface area contributed by atoms with Crippen LogP contribution in [0, 0.1) is 6.92 Å². The number of aromatic hydroxyl groups is 1. The third kappa shape index (κ3) is 4.95. The van der Waals surface area contributed by atoms with Gasteiger partial charge in [0.05, 0.1) is 0 Å². The number of phenolic OH excluding ortho intramolecular Hbond substituents is 1. The molecule has 0 fully saturated rings. The topological polar surface area (TPSA) is 84.3 Å². The molecule has 4 aromatic rings. The molecule has 4 rings (SSSR count). The van der Waals surface area contributed by atoms with E-state index in [2.05, 4.69) is 24.4 Å². The lowest BCUT2D eigenvalue weighted by molar-refractivity contribution is 0.481. The standard InChI is InChI=1S/C14H16N2.C10H9NO/c1-11-4-2-3-5-14(11)16-10-12-6-8-13(15)9-7-12;11-8-4-5-9-7(6-8)2-1-3-10(9)12/h2-9,16H,10,15H2,1H3;1-6,12H,11H2. The Morgan fingerprint density at radius 2 is 1.50 bits per heavy atom. The second-order valence-corrected chi connectivity index (χ2v) is 6.67. The van der Waals surface area contributed by atoms with Gasteiger partial charge in [-0.1, -0.05) is 42.5 Å². The summed E-state index contributed by atoms with van der Waals surface area (Å²) in [5.41, 5.74) is 16.4. The molecule has 6 N–H and O–H groups in total. The number of phenols is 1. The largest absolute Gasteiger partial charge is 0.507 e. The van der Waals surface area contributed by atoms with Gasteiger partial charge >= 0.3 is 0 Å². The van der Waals surface area contributed by atoms with E-state index < -0.39 is 0 Å². The molecule has 0 saturated heterocycles. The quantitative estimate of drug-likeness (QED) is 0.367. The maximum absolute atomic E-state index is 9.42. The summed E-state index contributed by atoms with van der Waals surface area (Å²) in [7, 11) is 0. The van der Waals surface area contributed by atoms with E-state index >= 15 is 0 Å². The normalized spacial score (nSPS) is 10.2. The smallest absolute Gasteiger partial charge is 0.123 e. The Kier molecular flexibility index (Phi) is 6.02. The molecule has 4 heteroatoms. The fourth-order valence-corrected chi connectivity index (χ4v) is 2.89. The van der Waals surface area contributed by atoms with Crippen LogP contribution in [0.5, 0.6) is 5.75 Å². The Bertz CT molecular complexity index is 1060. The fraction of sp³-hybridized carbons (Fsp3) is 0.0833. The highest BCUT2D eigenvalue weighted by atomic mass is 16.3. The van der Waals surface area contributed by atoms with Crippen molar-refractivity contribution in [2.75, 3.05) is 16.8 Å². The van der Waals surface area contributed by atoms with Gasteiger partial charge in [-0.3, -0.25) is 0 Å². The van der Waals surface area contributed by atoms with Crippen molar-refractivity contribution in [3.63, 3.8) is 0 Å². The van der Waals surface area contributed by atoms with E-state index in [1.54, 1.807) is 18.2 Å². The predicted molar refractivity (Wildman–Crippen MR) is 119 cm³/mol. The number of nitrogen functional groups attached to an aromatic ring is 2. The van der Waals surface area contributed by atoms with Crippen molar-refractivity contribution in [3.8, 4) is 5.75 Å². The lowest BCUT2D eigenvalue weighted by Crippen LogP contribution is -2.00. The first kappa shape index (κ1) is 19.1. The number of anilines is 3. The second-order valence-electron chi connectivity index (χ2n) is 6.67. The number of rotatable bonds is 3. The van der Waals surface area contributed by atoms with Crippen molar-refractivity contribution in [2.45, 2.75) is 13.5 Å². The summed E-state index contributed by atoms with van der Waals surface area (Å²) in [6.07, 6.45) is 0. The van der Waals surface area contributed by atoms with Gasteiger partial charge in [0.1, 0.15) is 5.75 Å². The molecule has 0 amide bonds. The van der Waals surface area contributed by atoms with E-state index in [0.717, 1.165) is 23.0 Å². The minimum Gasteiger partial charge on any atom is -0.507 e. The highest BCUT2D eigenvalue weighted by Crippen LogP contribution is 2.25. The van der Waals surface area contributed by atoms with Crippen LogP contribution >= 0.6 is 0 Å². The maximum atomic E-state index is 9.42. The van der Waals surface area contributed by atoms with E-state index in [9.17, 15) is 5.11 Å². The molecule has 0 heterocycles. The Morgan fingerprint density at radius 3 is 2.25 bits per heavy atom. The first-order chi connectivity index (χ1) is 13.5. The van der Waals surface area contributed by atoms with Crippen molar-refractivity contribution in [1.82, 2.24) is 0 Å². The zero-order valence-electron chi connectivity index (χ0n) is 15.9. The molecule has 0 bridgehead atoms. The SMILES string of the molecule is Cc1ccccc1NCc1ccc(N)cc1.Nc1ccc2c(O)cccc2c1. The zero-order valence-corrected chi connectivity index (χ0v) is 15.9. The van der Waals surface area contributed by atoms with Crippen LogP contribution in [0.25, 0.3) is 10.8 Å². The molecular weight excluding hydrogens is 346 g/mol. The number of fused-ring (bicyclic) bond motifs is 1. The number of nitrogens with two attached hydrogens (primary N) is 2. The van der Waals surface area contributed by atoms with Gasteiger partial charge in [0.2, 0.25) is 0 Å². The van der Waals surface area contributed by atoms with Crippen molar-refractivity contribution < 1.29 is 5.11 Å². The average molecular weight is 371 g/mol. The molecule has 0 spiro atoms. The number of aryl methyl sites for hydroxylation is 1. The van der Waals surface area contributed by atoms with Crippen LogP contribution in [-0.2, 0) is 6.54 Å². The van der Waals surface area contributed by atoms with Gasteiger partial charge in [0.15, 0.2) is 0 Å². The van der Waals surface area contributed by atoms with E-state index in [-0.39, 0.29) is 0 Å². The Morgan fingerprint density at radius 1 is 0.786 bits per heavy atom. The highest BCUT2D eigenvalue weighted by molar-refractivity contribution is 5.90. The number of benzene rings is 4. The Hall–Kier alpha value is -3.66. The third-order valence-corrected chi connectivity index (χ3v) is 4.49. The summed E-state index contributed by atoms with van der Waals surface area (Å²) in [5.74, 6) is 0.299. The first-order valence-electron chi connectivity index (χ1n) is 9.14. The van der Waals surface area contributed by atoms with Crippen LogP contribution in [0.3, 0.4) is 0 Å². The van der Waals surface area contributed by atoms with Crippen LogP contribution in [-0.4, -0.2) is 5.11 Å². The molecule has 0 atom stereocenters. The molecule has 0 unspecified atom stereocenters. The zero-order chi connectivity index (χ0) is 19.9. The summed E-state index contributed by atoms with van der Waals surface area (Å²) >= 11 is 0. The minimum atomic E-state index is 0.299. The first-order valence-corrected chi connectivity index (χ1v) is 9.14. The number of hydrogen-bond acceptors (Lipinski definition) is 4. The average Bonchev–Trinajstić information content (AvgIpc) is 2.69. The van der Waals surface area contributed by atoms with E-state index in [1.807, 2.05) is 54.6 Å². The van der Waals surface area contributed by atoms with E-state index in [1.165, 1.54) is 16.8 Å². The summed E-state index contributed by atoms with van der Waals surface area (Å²) in [6, 6.07) is 27.0. The summed E-state index contributed by atoms with van der Waals surface area (Å²) in [6.45, 7) is 2.93. The summed E-state index contributed by atoms with van der Waals surface area (Å²) in [4.78, 5) is 0. The Balaban J connectivity index is 0.000000167. The van der Waals surface area contributed by atoms with Gasteiger partial charge in [-0.25, -0.2) is 0 Å². The van der Waals surface area contributed by atoms with Crippen LogP contribution in [0.4, 0.5) is 17.1 Å². The van der Waals surface area contributed by atoms with Crippen molar-refractivity contribution in [2.24, 2.45) is 0 Å². The molecule has 142 valence electrons. The van der Waals surface area contributed by atoms with Crippen LogP contribution in [0.1, 0.15) is 11.1 Å². The van der Waals surface area contributed by atoms with E-state index in [4.69, 9.17) is 11.5 Å². The molecule has 4 aromatic carbocycles. The maximum Gasteiger partial charge on any atom is 0.123 e. The van der Waals surface area contributed by atoms with E-state index in [0.29, 0.717) is 11.4 Å². The van der Waals surface area contributed by atoms with Crippen molar-refractivity contribution in [3.05, 3.63) is 96.1 Å². The molecule has 0 aliphatic heterocycles. The molecule has 4 nitrogen and oxygen atoms in total. The number of para-hydroxylation sites is 1. The van der Waals surface area contributed by atoms with Crippen LogP contribution in [0.2, 0.25) is 0 Å². The van der Waals surface area contributed by atoms with Crippen molar-refractivity contribution >= 4 is 27.8 Å². The number of nitrogens with one attached hydrogen (secondary N) is 1. The molecule has 28 heavy (non-hydrogen) atoms. The number of hydrogen-bond donors (Lipinski definition) is 4. The Labute approximate surface area is 165 Å². The lowest BCUT2D eigenvalue weighted by Gasteiger charge is -2.09. The van der Waals surface area contributed by atoms with Crippen LogP contribution < -0.4 is 16.8 Å². The molecule has 0 radical (unpaired) electrons. The highest BCUT2D eigenvalue weighted by Gasteiger charge is 1.98. The molecule has 0 aliphatic rings. The van der Waals surface area contributed by atoms with Crippen molar-refractivity contribution in [1.29, 1.82) is 0 Å². The molecular formula is C24H25N3O. The third-order valence-electron chi connectivity index (χ3n) is 4.49. The molecule has 0 saturated carbocycles. The van der Waals surface area contributed by atoms with Gasteiger partial charge in [0, 0.05) is 29.0 Å². The summed E-state index contributed by atoms with van der Waals surface area (Å²) < 4.78 is 0. The molecule has 0 aliphatic carbocycles. The van der Waals surface area contributed by atoms with Gasteiger partial charge in [-0.05, 0) is 65.9 Å². The van der Waals surface area contributed by atoms with Gasteiger partial charge in [-0.15, -0.1) is 0 Å². The lowest BCUT2D eigenvalue weighted by atomic mass is 10.1. The van der Waals surface area contributed by atoms with Gasteiger partial charge < -0.3 is 21.9 Å².